The number of nitrogen functional groups attached to an aromatic ring is 1. The Balaban J connectivity index is 2.62. The van der Waals surface area contributed by atoms with Crippen molar-refractivity contribution >= 4 is 21.7 Å². The first kappa shape index (κ1) is 13.7. The highest BCUT2D eigenvalue weighted by molar-refractivity contribution is 9.10. The van der Waals surface area contributed by atoms with Crippen molar-refractivity contribution in [1.29, 1.82) is 0 Å². The third kappa shape index (κ3) is 2.84. The Morgan fingerprint density at radius 1 is 1.26 bits per heavy atom. The summed E-state index contributed by atoms with van der Waals surface area (Å²) in [5, 5.41) is 9.42. The molecule has 2 aromatic rings. The summed E-state index contributed by atoms with van der Waals surface area (Å²) in [6.07, 6.45) is 0. The number of hydrogen-bond donors (Lipinski definition) is 2. The zero-order valence-electron chi connectivity index (χ0n) is 10.5. The second-order valence-corrected chi connectivity index (χ2v) is 5.28. The highest BCUT2D eigenvalue weighted by atomic mass is 79.9. The van der Waals surface area contributed by atoms with Gasteiger partial charge in [0.15, 0.2) is 5.82 Å². The molecule has 1 aromatic heterocycles. The predicted octanol–water partition coefficient (Wildman–Crippen LogP) is 3.46. The molecule has 4 nitrogen and oxygen atoms in total. The summed E-state index contributed by atoms with van der Waals surface area (Å²) >= 11 is 3.34. The third-order valence-electron chi connectivity index (χ3n) is 2.59. The van der Waals surface area contributed by atoms with Gasteiger partial charge >= 0.3 is 0 Å². The number of rotatable bonds is 2. The molecule has 0 amide bonds. The number of anilines is 1. The number of phenolic OH excluding ortho intramolecular Hbond substituents is 1. The fourth-order valence-electron chi connectivity index (χ4n) is 1.70. The molecule has 0 aliphatic heterocycles. The molecule has 2 rings (SSSR count). The van der Waals surface area contributed by atoms with E-state index in [-0.39, 0.29) is 17.5 Å². The van der Waals surface area contributed by atoms with Crippen LogP contribution in [0.1, 0.15) is 25.5 Å². The van der Waals surface area contributed by atoms with Gasteiger partial charge in [-0.2, -0.15) is 0 Å². The number of halogens is 2. The standard InChI is InChI=1S/C13H13BrFN3O/c1-6(2)11-10(14)12(16)18-13(17-11)7-3-8(15)5-9(19)4-7/h3-6,19H,1-2H3,(H2,16,17,18). The number of aromatic nitrogens is 2. The summed E-state index contributed by atoms with van der Waals surface area (Å²) in [7, 11) is 0. The average molecular weight is 326 g/mol. The Labute approximate surface area is 118 Å². The monoisotopic (exact) mass is 325 g/mol. The number of nitrogens with two attached hydrogens (primary N) is 1. The van der Waals surface area contributed by atoms with Gasteiger partial charge in [-0.15, -0.1) is 0 Å². The van der Waals surface area contributed by atoms with Crippen molar-refractivity contribution in [1.82, 2.24) is 9.97 Å². The highest BCUT2D eigenvalue weighted by Gasteiger charge is 2.15. The van der Waals surface area contributed by atoms with Crippen LogP contribution in [0.2, 0.25) is 0 Å². The van der Waals surface area contributed by atoms with Crippen LogP contribution >= 0.6 is 15.9 Å². The molecule has 0 aliphatic rings. The normalized spacial score (nSPS) is 11.0. The molecular weight excluding hydrogens is 313 g/mol. The van der Waals surface area contributed by atoms with E-state index in [0.29, 0.717) is 15.9 Å². The summed E-state index contributed by atoms with van der Waals surface area (Å²) in [5.41, 5.74) is 6.95. The Hall–Kier alpha value is -1.69. The first-order valence-corrected chi connectivity index (χ1v) is 6.50. The first-order valence-electron chi connectivity index (χ1n) is 5.71. The van der Waals surface area contributed by atoms with Crippen LogP contribution in [0.4, 0.5) is 10.2 Å². The van der Waals surface area contributed by atoms with E-state index in [1.54, 1.807) is 0 Å². The Bertz CT molecular complexity index is 611. The third-order valence-corrected chi connectivity index (χ3v) is 3.40. The van der Waals surface area contributed by atoms with Crippen molar-refractivity contribution in [2.24, 2.45) is 0 Å². The van der Waals surface area contributed by atoms with Crippen LogP contribution in [0.25, 0.3) is 11.4 Å². The van der Waals surface area contributed by atoms with E-state index >= 15 is 0 Å². The molecule has 19 heavy (non-hydrogen) atoms. The molecule has 0 spiro atoms. The predicted molar refractivity (Wildman–Crippen MR) is 75.3 cm³/mol. The number of aromatic hydroxyl groups is 1. The lowest BCUT2D eigenvalue weighted by molar-refractivity contribution is 0.469. The first-order chi connectivity index (χ1) is 8.88. The topological polar surface area (TPSA) is 72.0 Å². The van der Waals surface area contributed by atoms with Crippen LogP contribution in [-0.4, -0.2) is 15.1 Å². The van der Waals surface area contributed by atoms with Crippen LogP contribution in [0.5, 0.6) is 5.75 Å². The van der Waals surface area contributed by atoms with Crippen LogP contribution in [0.3, 0.4) is 0 Å². The zero-order chi connectivity index (χ0) is 14.2. The Morgan fingerprint density at radius 2 is 1.95 bits per heavy atom. The average Bonchev–Trinajstić information content (AvgIpc) is 2.30. The molecule has 0 atom stereocenters. The van der Waals surface area contributed by atoms with Gasteiger partial charge in [0.05, 0.1) is 10.2 Å². The molecule has 0 bridgehead atoms. The van der Waals surface area contributed by atoms with Gasteiger partial charge in [0.1, 0.15) is 17.4 Å². The maximum Gasteiger partial charge on any atom is 0.162 e. The summed E-state index contributed by atoms with van der Waals surface area (Å²) in [6.45, 7) is 3.94. The summed E-state index contributed by atoms with van der Waals surface area (Å²) in [6, 6.07) is 3.68. The summed E-state index contributed by atoms with van der Waals surface area (Å²) in [5.74, 6) is -0.00499. The van der Waals surface area contributed by atoms with E-state index in [9.17, 15) is 9.50 Å². The van der Waals surface area contributed by atoms with Gasteiger partial charge in [-0.3, -0.25) is 0 Å². The number of benzene rings is 1. The smallest absolute Gasteiger partial charge is 0.162 e. The van der Waals surface area contributed by atoms with Crippen LogP contribution in [0, 0.1) is 5.82 Å². The molecule has 1 aromatic carbocycles. The molecule has 0 unspecified atom stereocenters. The molecular formula is C13H13BrFN3O. The molecule has 3 N–H and O–H groups in total. The lowest BCUT2D eigenvalue weighted by atomic mass is 10.1. The van der Waals surface area contributed by atoms with E-state index in [2.05, 4.69) is 25.9 Å². The molecule has 0 aliphatic carbocycles. The van der Waals surface area contributed by atoms with Crippen molar-refractivity contribution in [3.8, 4) is 17.1 Å². The van der Waals surface area contributed by atoms with E-state index in [0.717, 1.165) is 11.8 Å². The van der Waals surface area contributed by atoms with Crippen LogP contribution < -0.4 is 5.73 Å². The van der Waals surface area contributed by atoms with Gasteiger partial charge < -0.3 is 10.8 Å². The van der Waals surface area contributed by atoms with E-state index in [1.807, 2.05) is 13.8 Å². The van der Waals surface area contributed by atoms with Crippen molar-refractivity contribution in [3.05, 3.63) is 34.2 Å². The quantitative estimate of drug-likeness (QED) is 0.886. The number of hydrogen-bond acceptors (Lipinski definition) is 4. The molecule has 0 saturated carbocycles. The summed E-state index contributed by atoms with van der Waals surface area (Å²) < 4.78 is 13.9. The Kier molecular flexibility index (Phi) is 3.71. The van der Waals surface area contributed by atoms with Gasteiger partial charge in [0, 0.05) is 11.6 Å². The molecule has 1 heterocycles. The largest absolute Gasteiger partial charge is 0.508 e. The zero-order valence-corrected chi connectivity index (χ0v) is 12.1. The van der Waals surface area contributed by atoms with E-state index in [1.165, 1.54) is 12.1 Å². The van der Waals surface area contributed by atoms with E-state index in [4.69, 9.17) is 5.73 Å². The maximum absolute atomic E-state index is 13.3. The van der Waals surface area contributed by atoms with Gasteiger partial charge in [0.25, 0.3) is 0 Å². The minimum Gasteiger partial charge on any atom is -0.508 e. The molecule has 100 valence electrons. The van der Waals surface area contributed by atoms with Gasteiger partial charge in [-0.05, 0) is 34.0 Å². The second-order valence-electron chi connectivity index (χ2n) is 4.48. The fourth-order valence-corrected chi connectivity index (χ4v) is 2.33. The lowest BCUT2D eigenvalue weighted by Crippen LogP contribution is -2.04. The van der Waals surface area contributed by atoms with Crippen molar-refractivity contribution in [2.45, 2.75) is 19.8 Å². The maximum atomic E-state index is 13.3. The van der Waals surface area contributed by atoms with Crippen molar-refractivity contribution in [3.63, 3.8) is 0 Å². The van der Waals surface area contributed by atoms with Gasteiger partial charge in [-0.1, -0.05) is 13.8 Å². The van der Waals surface area contributed by atoms with E-state index < -0.39 is 5.82 Å². The fraction of sp³-hybridized carbons (Fsp3) is 0.231. The minimum absolute atomic E-state index is 0.139. The number of phenols is 1. The molecule has 0 fully saturated rings. The van der Waals surface area contributed by atoms with Crippen LogP contribution in [0.15, 0.2) is 22.7 Å². The second kappa shape index (κ2) is 5.13. The molecule has 6 heteroatoms. The lowest BCUT2D eigenvalue weighted by Gasteiger charge is -2.11. The SMILES string of the molecule is CC(C)c1nc(-c2cc(O)cc(F)c2)nc(N)c1Br. The van der Waals surface area contributed by atoms with Crippen LogP contribution in [-0.2, 0) is 0 Å². The summed E-state index contributed by atoms with van der Waals surface area (Å²) in [4.78, 5) is 8.48. The van der Waals surface area contributed by atoms with Crippen molar-refractivity contribution in [2.75, 3.05) is 5.73 Å². The molecule has 0 radical (unpaired) electrons. The molecule has 0 saturated heterocycles. The minimum atomic E-state index is -0.550. The Morgan fingerprint density at radius 3 is 2.53 bits per heavy atom. The number of nitrogens with zero attached hydrogens (tertiary/aromatic N) is 2. The highest BCUT2D eigenvalue weighted by Crippen LogP contribution is 2.30. The van der Waals surface area contributed by atoms with Gasteiger partial charge in [0.2, 0.25) is 0 Å². The van der Waals surface area contributed by atoms with Crippen molar-refractivity contribution < 1.29 is 9.50 Å². The van der Waals surface area contributed by atoms with Gasteiger partial charge in [-0.25, -0.2) is 14.4 Å².